The molecule has 7 nitrogen and oxygen atoms in total. The highest BCUT2D eigenvalue weighted by molar-refractivity contribution is 7.91. The molecule has 1 heterocycles. The van der Waals surface area contributed by atoms with Crippen LogP contribution in [0.5, 0.6) is 0 Å². The monoisotopic (exact) mass is 372 g/mol. The maximum Gasteiger partial charge on any atom is 0.263 e. The Morgan fingerprint density at radius 2 is 1.69 bits per heavy atom. The third kappa shape index (κ3) is 3.23. The molecule has 2 aromatic carbocycles. The number of hydrogen-bond donors (Lipinski definition) is 1. The number of nitrogens with zero attached hydrogens (tertiary/aromatic N) is 1. The predicted octanol–water partition coefficient (Wildman–Crippen LogP) is 1.71. The second-order valence-electron chi connectivity index (χ2n) is 5.83. The summed E-state index contributed by atoms with van der Waals surface area (Å²) in [5.41, 5.74) is 0.541. The van der Waals surface area contributed by atoms with Gasteiger partial charge in [0, 0.05) is 13.5 Å². The first-order chi connectivity index (χ1) is 12.3. The lowest BCUT2D eigenvalue weighted by Gasteiger charge is -2.09. The van der Waals surface area contributed by atoms with E-state index in [4.69, 9.17) is 0 Å². The largest absolute Gasteiger partial charge is 0.325 e. The van der Waals surface area contributed by atoms with Crippen LogP contribution in [0, 0.1) is 0 Å². The molecule has 3 rings (SSSR count). The SMILES string of the molecule is CN1C(=O)c2cccc(NC(=O)CCS(=O)(=O)c3ccccc3)c2C1=O. The summed E-state index contributed by atoms with van der Waals surface area (Å²) in [7, 11) is -2.21. The van der Waals surface area contributed by atoms with Crippen LogP contribution in [0.25, 0.3) is 0 Å². The van der Waals surface area contributed by atoms with E-state index in [1.54, 1.807) is 24.3 Å². The lowest BCUT2D eigenvalue weighted by atomic mass is 10.1. The van der Waals surface area contributed by atoms with Gasteiger partial charge in [0.15, 0.2) is 9.84 Å². The van der Waals surface area contributed by atoms with Gasteiger partial charge in [-0.15, -0.1) is 0 Å². The zero-order chi connectivity index (χ0) is 18.9. The molecule has 0 unspecified atom stereocenters. The van der Waals surface area contributed by atoms with Crippen molar-refractivity contribution < 1.29 is 22.8 Å². The van der Waals surface area contributed by atoms with Gasteiger partial charge in [-0.1, -0.05) is 24.3 Å². The van der Waals surface area contributed by atoms with Crippen LogP contribution in [0.1, 0.15) is 27.1 Å². The quantitative estimate of drug-likeness (QED) is 0.806. The third-order valence-electron chi connectivity index (χ3n) is 4.09. The van der Waals surface area contributed by atoms with Gasteiger partial charge in [-0.3, -0.25) is 19.3 Å². The van der Waals surface area contributed by atoms with Crippen LogP contribution < -0.4 is 5.32 Å². The molecule has 134 valence electrons. The van der Waals surface area contributed by atoms with E-state index >= 15 is 0 Å². The van der Waals surface area contributed by atoms with Gasteiger partial charge in [0.25, 0.3) is 11.8 Å². The Labute approximate surface area is 150 Å². The van der Waals surface area contributed by atoms with E-state index < -0.39 is 27.6 Å². The molecule has 8 heteroatoms. The van der Waals surface area contributed by atoms with Gasteiger partial charge in [-0.25, -0.2) is 8.42 Å². The second-order valence-corrected chi connectivity index (χ2v) is 7.94. The fourth-order valence-electron chi connectivity index (χ4n) is 2.69. The van der Waals surface area contributed by atoms with E-state index in [2.05, 4.69) is 5.32 Å². The highest BCUT2D eigenvalue weighted by Crippen LogP contribution is 2.28. The maximum atomic E-state index is 12.2. The lowest BCUT2D eigenvalue weighted by Crippen LogP contribution is -2.24. The number of carbonyl (C=O) groups is 3. The molecule has 0 aliphatic carbocycles. The van der Waals surface area contributed by atoms with Crippen LogP contribution in [0.2, 0.25) is 0 Å². The first kappa shape index (κ1) is 17.8. The molecule has 26 heavy (non-hydrogen) atoms. The number of rotatable bonds is 5. The third-order valence-corrected chi connectivity index (χ3v) is 5.82. The van der Waals surface area contributed by atoms with Crippen molar-refractivity contribution in [3.63, 3.8) is 0 Å². The number of sulfone groups is 1. The number of hydrogen-bond acceptors (Lipinski definition) is 5. The smallest absolute Gasteiger partial charge is 0.263 e. The lowest BCUT2D eigenvalue weighted by molar-refractivity contribution is -0.115. The van der Waals surface area contributed by atoms with E-state index in [1.807, 2.05) is 0 Å². The molecule has 0 bridgehead atoms. The van der Waals surface area contributed by atoms with Crippen molar-refractivity contribution in [2.45, 2.75) is 11.3 Å². The molecule has 0 aromatic heterocycles. The number of carbonyl (C=O) groups excluding carboxylic acids is 3. The first-order valence-corrected chi connectivity index (χ1v) is 9.49. The summed E-state index contributed by atoms with van der Waals surface area (Å²) >= 11 is 0. The molecule has 3 amide bonds. The van der Waals surface area contributed by atoms with Crippen LogP contribution in [0.4, 0.5) is 5.69 Å². The molecule has 0 atom stereocenters. The summed E-state index contributed by atoms with van der Waals surface area (Å²) in [4.78, 5) is 37.4. The van der Waals surface area contributed by atoms with Crippen LogP contribution in [-0.4, -0.2) is 43.8 Å². The van der Waals surface area contributed by atoms with Gasteiger partial charge in [0.05, 0.1) is 27.5 Å². The van der Waals surface area contributed by atoms with Gasteiger partial charge < -0.3 is 5.32 Å². The zero-order valence-electron chi connectivity index (χ0n) is 13.9. The van der Waals surface area contributed by atoms with E-state index in [1.165, 1.54) is 31.3 Å². The Kier molecular flexibility index (Phi) is 4.60. The number of imide groups is 1. The van der Waals surface area contributed by atoms with Gasteiger partial charge in [-0.05, 0) is 24.3 Å². The summed E-state index contributed by atoms with van der Waals surface area (Å²) in [6.07, 6.45) is -0.265. The zero-order valence-corrected chi connectivity index (χ0v) is 14.7. The molecule has 0 saturated heterocycles. The summed E-state index contributed by atoms with van der Waals surface area (Å²) in [6, 6.07) is 12.4. The van der Waals surface area contributed by atoms with E-state index in [0.717, 1.165) is 4.90 Å². The normalized spacial score (nSPS) is 13.7. The molecular formula is C18H16N2O5S. The van der Waals surface area contributed by atoms with Gasteiger partial charge >= 0.3 is 0 Å². The molecular weight excluding hydrogens is 356 g/mol. The average Bonchev–Trinajstić information content (AvgIpc) is 2.86. The number of anilines is 1. The summed E-state index contributed by atoms with van der Waals surface area (Å²) in [5, 5.41) is 2.53. The van der Waals surface area contributed by atoms with E-state index in [9.17, 15) is 22.8 Å². The van der Waals surface area contributed by atoms with Crippen LogP contribution >= 0.6 is 0 Å². The topological polar surface area (TPSA) is 101 Å². The fraction of sp³-hybridized carbons (Fsp3) is 0.167. The standard InChI is InChI=1S/C18H16N2O5S/c1-20-17(22)13-8-5-9-14(16(13)18(20)23)19-15(21)10-11-26(24,25)12-6-3-2-4-7-12/h2-9H,10-11H2,1H3,(H,19,21). The van der Waals surface area contributed by atoms with Crippen LogP contribution in [0.15, 0.2) is 53.4 Å². The van der Waals surface area contributed by atoms with Crippen molar-refractivity contribution in [2.75, 3.05) is 18.1 Å². The second kappa shape index (κ2) is 6.72. The molecule has 1 aliphatic rings. The van der Waals surface area contributed by atoms with Crippen molar-refractivity contribution >= 4 is 33.2 Å². The van der Waals surface area contributed by atoms with Crippen molar-refractivity contribution in [2.24, 2.45) is 0 Å². The molecule has 1 aliphatic heterocycles. The van der Waals surface area contributed by atoms with Crippen molar-refractivity contribution in [1.29, 1.82) is 0 Å². The minimum absolute atomic E-state index is 0.124. The van der Waals surface area contributed by atoms with Crippen LogP contribution in [-0.2, 0) is 14.6 Å². The molecule has 0 fully saturated rings. The fourth-order valence-corrected chi connectivity index (χ4v) is 3.95. The number of nitrogens with one attached hydrogen (secondary N) is 1. The maximum absolute atomic E-state index is 12.2. The Bertz CT molecular complexity index is 999. The van der Waals surface area contributed by atoms with Crippen molar-refractivity contribution in [3.05, 3.63) is 59.7 Å². The Balaban J connectivity index is 1.73. The predicted molar refractivity (Wildman–Crippen MR) is 94.6 cm³/mol. The van der Waals surface area contributed by atoms with Crippen LogP contribution in [0.3, 0.4) is 0 Å². The molecule has 2 aromatic rings. The Hall–Kier alpha value is -3.00. The van der Waals surface area contributed by atoms with Crippen molar-refractivity contribution in [3.8, 4) is 0 Å². The van der Waals surface area contributed by atoms with Gasteiger partial charge in [0.1, 0.15) is 0 Å². The Morgan fingerprint density at radius 3 is 2.38 bits per heavy atom. The Morgan fingerprint density at radius 1 is 1.00 bits per heavy atom. The average molecular weight is 372 g/mol. The molecule has 1 N–H and O–H groups in total. The minimum atomic E-state index is -3.58. The summed E-state index contributed by atoms with van der Waals surface area (Å²) in [6.45, 7) is 0. The first-order valence-electron chi connectivity index (χ1n) is 7.84. The molecule has 0 spiro atoms. The number of benzene rings is 2. The summed E-state index contributed by atoms with van der Waals surface area (Å²) in [5.74, 6) is -1.84. The number of amides is 3. The van der Waals surface area contributed by atoms with Gasteiger partial charge in [0.2, 0.25) is 5.91 Å². The highest BCUT2D eigenvalue weighted by Gasteiger charge is 2.35. The highest BCUT2D eigenvalue weighted by atomic mass is 32.2. The van der Waals surface area contributed by atoms with E-state index in [0.29, 0.717) is 0 Å². The van der Waals surface area contributed by atoms with Gasteiger partial charge in [-0.2, -0.15) is 0 Å². The number of fused-ring (bicyclic) bond motifs is 1. The van der Waals surface area contributed by atoms with Crippen molar-refractivity contribution in [1.82, 2.24) is 4.90 Å². The van der Waals surface area contributed by atoms with E-state index in [-0.39, 0.29) is 33.9 Å². The molecule has 0 radical (unpaired) electrons. The summed E-state index contributed by atoms with van der Waals surface area (Å²) < 4.78 is 24.5. The molecule has 0 saturated carbocycles. The minimum Gasteiger partial charge on any atom is -0.325 e.